The summed E-state index contributed by atoms with van der Waals surface area (Å²) < 4.78 is 85.7. The van der Waals surface area contributed by atoms with Crippen LogP contribution in [0.5, 0.6) is 0 Å². The molecule has 2 amide bonds. The van der Waals surface area contributed by atoms with Gasteiger partial charge in [0.25, 0.3) is 5.91 Å². The molecular formula is C53H66F3NO9. The summed E-state index contributed by atoms with van der Waals surface area (Å²) in [6.45, 7) is 16.8. The van der Waals surface area contributed by atoms with E-state index < -0.39 is 66.8 Å². The Hall–Kier alpha value is -4.55. The van der Waals surface area contributed by atoms with Gasteiger partial charge in [-0.05, 0) is 73.3 Å². The third-order valence-electron chi connectivity index (χ3n) is 12.8. The highest BCUT2D eigenvalue weighted by atomic mass is 19.4. The summed E-state index contributed by atoms with van der Waals surface area (Å²) in [5.74, 6) is 5.98. The molecule has 3 aromatic rings. The van der Waals surface area contributed by atoms with Crippen molar-refractivity contribution in [2.24, 2.45) is 29.6 Å². The van der Waals surface area contributed by atoms with Gasteiger partial charge in [-0.3, -0.25) is 4.79 Å². The molecule has 3 heterocycles. The first-order valence-corrected chi connectivity index (χ1v) is 23.3. The summed E-state index contributed by atoms with van der Waals surface area (Å²) in [4.78, 5) is 28.0. The van der Waals surface area contributed by atoms with Crippen molar-refractivity contribution in [1.82, 2.24) is 4.90 Å². The van der Waals surface area contributed by atoms with Crippen LogP contribution in [0.4, 0.5) is 18.0 Å². The third-order valence-corrected chi connectivity index (χ3v) is 12.8. The van der Waals surface area contributed by atoms with Crippen molar-refractivity contribution in [2.75, 3.05) is 19.8 Å². The molecule has 0 spiro atoms. The van der Waals surface area contributed by atoms with Crippen LogP contribution in [0.25, 0.3) is 0 Å². The SMILES string of the molecule is CC[C@H](C)C[C@H](C)C[C@H](C)[C@@H](O[C@@H]1O[C@@H]2CO[C@@H](c3ccccc3)O[C@H]2[C@H](OCc2ccccc2)[C@@H]1OCC#Cc1ccc(C(F)(F)F)cc1)[C@@H](C)/C=C(\C)C(=O)N1C(=O)OC[C@@H]1C(C)C. The van der Waals surface area contributed by atoms with Crippen LogP contribution in [0.3, 0.4) is 0 Å². The molecule has 3 aliphatic rings. The Morgan fingerprint density at radius 1 is 0.864 bits per heavy atom. The lowest BCUT2D eigenvalue weighted by atomic mass is 9.82. The fourth-order valence-electron chi connectivity index (χ4n) is 9.15. The van der Waals surface area contributed by atoms with Crippen LogP contribution in [0.2, 0.25) is 0 Å². The number of hydrogen-bond donors (Lipinski definition) is 0. The number of ether oxygens (including phenoxy) is 7. The molecule has 0 aliphatic carbocycles. The lowest BCUT2D eigenvalue weighted by Crippen LogP contribution is -2.64. The summed E-state index contributed by atoms with van der Waals surface area (Å²) in [6, 6.07) is 23.6. The van der Waals surface area contributed by atoms with Crippen molar-refractivity contribution >= 4 is 12.0 Å². The van der Waals surface area contributed by atoms with Gasteiger partial charge in [0.15, 0.2) is 12.6 Å². The van der Waals surface area contributed by atoms with Gasteiger partial charge in [0.05, 0.1) is 30.9 Å². The molecule has 66 heavy (non-hydrogen) atoms. The van der Waals surface area contributed by atoms with Crippen LogP contribution in [0, 0.1) is 41.4 Å². The minimum absolute atomic E-state index is 0.00494. The maximum atomic E-state index is 14.0. The normalized spacial score (nSPS) is 25.8. The van der Waals surface area contributed by atoms with Crippen molar-refractivity contribution in [1.29, 1.82) is 0 Å². The predicted molar refractivity (Wildman–Crippen MR) is 243 cm³/mol. The Bertz CT molecular complexity index is 2100. The Morgan fingerprint density at radius 3 is 2.20 bits per heavy atom. The number of rotatable bonds is 18. The maximum absolute atomic E-state index is 14.0. The molecule has 6 rings (SSSR count). The summed E-state index contributed by atoms with van der Waals surface area (Å²) >= 11 is 0. The molecule has 3 aliphatic heterocycles. The number of alkyl halides is 3. The quantitative estimate of drug-likeness (QED) is 0.0912. The number of fused-ring (bicyclic) bond motifs is 1. The second-order valence-electron chi connectivity index (χ2n) is 18.6. The van der Waals surface area contributed by atoms with E-state index in [9.17, 15) is 22.8 Å². The van der Waals surface area contributed by atoms with E-state index in [2.05, 4.69) is 39.5 Å². The molecule has 13 heteroatoms. The van der Waals surface area contributed by atoms with Crippen molar-refractivity contribution in [3.05, 3.63) is 119 Å². The van der Waals surface area contributed by atoms with Gasteiger partial charge in [-0.25, -0.2) is 9.69 Å². The summed E-state index contributed by atoms with van der Waals surface area (Å²) in [5, 5.41) is 0. The summed E-state index contributed by atoms with van der Waals surface area (Å²) in [5.41, 5.74) is 1.77. The number of carbonyl (C=O) groups is 2. The van der Waals surface area contributed by atoms with E-state index in [1.807, 2.05) is 87.5 Å². The average Bonchev–Trinajstić information content (AvgIpc) is 3.70. The summed E-state index contributed by atoms with van der Waals surface area (Å²) in [7, 11) is 0. The lowest BCUT2D eigenvalue weighted by molar-refractivity contribution is -0.377. The summed E-state index contributed by atoms with van der Waals surface area (Å²) in [6.07, 6.45) is -5.67. The highest BCUT2D eigenvalue weighted by molar-refractivity contribution is 6.03. The largest absolute Gasteiger partial charge is 0.447 e. The number of halogens is 3. The van der Waals surface area contributed by atoms with Gasteiger partial charge in [0.2, 0.25) is 0 Å². The topological polar surface area (TPSA) is 102 Å². The number of benzene rings is 3. The zero-order chi connectivity index (χ0) is 47.5. The molecule has 10 nitrogen and oxygen atoms in total. The van der Waals surface area contributed by atoms with Crippen LogP contribution in [0.15, 0.2) is 96.6 Å². The molecular weight excluding hydrogens is 852 g/mol. The van der Waals surface area contributed by atoms with E-state index in [1.165, 1.54) is 17.0 Å². The third kappa shape index (κ3) is 13.3. The fraction of sp³-hybridized carbons (Fsp3) is 0.547. The number of imide groups is 1. The molecule has 3 saturated heterocycles. The first-order chi connectivity index (χ1) is 31.5. The van der Waals surface area contributed by atoms with Crippen LogP contribution in [-0.4, -0.2) is 79.6 Å². The minimum Gasteiger partial charge on any atom is -0.447 e. The predicted octanol–water partition coefficient (Wildman–Crippen LogP) is 10.9. The van der Waals surface area contributed by atoms with Gasteiger partial charge in [-0.1, -0.05) is 133 Å². The molecule has 12 atom stereocenters. The lowest BCUT2D eigenvalue weighted by Gasteiger charge is -2.50. The first kappa shape index (κ1) is 50.9. The monoisotopic (exact) mass is 917 g/mol. The van der Waals surface area contributed by atoms with E-state index in [1.54, 1.807) is 6.92 Å². The van der Waals surface area contributed by atoms with E-state index in [0.29, 0.717) is 23.0 Å². The van der Waals surface area contributed by atoms with Crippen LogP contribution >= 0.6 is 0 Å². The van der Waals surface area contributed by atoms with Crippen LogP contribution in [0.1, 0.15) is 103 Å². The Kier molecular flexibility index (Phi) is 18.1. The second-order valence-corrected chi connectivity index (χ2v) is 18.6. The van der Waals surface area contributed by atoms with Crippen molar-refractivity contribution in [2.45, 2.75) is 137 Å². The van der Waals surface area contributed by atoms with Gasteiger partial charge in [0, 0.05) is 22.6 Å². The molecule has 0 bridgehead atoms. The number of carbonyl (C=O) groups excluding carboxylic acids is 2. The number of cyclic esters (lactones) is 1. The fourth-order valence-corrected chi connectivity index (χ4v) is 9.15. The van der Waals surface area contributed by atoms with E-state index in [0.717, 1.165) is 42.5 Å². The molecule has 3 aromatic carbocycles. The highest BCUT2D eigenvalue weighted by Crippen LogP contribution is 2.39. The minimum atomic E-state index is -4.47. The Morgan fingerprint density at radius 2 is 1.55 bits per heavy atom. The molecule has 0 unspecified atom stereocenters. The maximum Gasteiger partial charge on any atom is 0.417 e. The molecule has 3 fully saturated rings. The van der Waals surface area contributed by atoms with E-state index in [4.69, 9.17) is 33.2 Å². The van der Waals surface area contributed by atoms with Crippen LogP contribution in [-0.2, 0) is 50.7 Å². The zero-order valence-corrected chi connectivity index (χ0v) is 39.4. The molecule has 0 N–H and O–H groups in total. The van der Waals surface area contributed by atoms with Gasteiger partial charge < -0.3 is 33.2 Å². The van der Waals surface area contributed by atoms with Crippen LogP contribution < -0.4 is 0 Å². The van der Waals surface area contributed by atoms with Crippen molar-refractivity contribution in [3.63, 3.8) is 0 Å². The van der Waals surface area contributed by atoms with Crippen molar-refractivity contribution in [3.8, 4) is 11.8 Å². The molecule has 0 saturated carbocycles. The van der Waals surface area contributed by atoms with E-state index in [-0.39, 0.29) is 50.2 Å². The Balaban J connectivity index is 1.35. The number of amides is 2. The second kappa shape index (κ2) is 23.5. The van der Waals surface area contributed by atoms with Crippen molar-refractivity contribution < 1.29 is 55.9 Å². The number of hydrogen-bond acceptors (Lipinski definition) is 9. The molecule has 0 aromatic heterocycles. The van der Waals surface area contributed by atoms with Gasteiger partial charge in [-0.15, -0.1) is 0 Å². The molecule has 0 radical (unpaired) electrons. The Labute approximate surface area is 388 Å². The smallest absolute Gasteiger partial charge is 0.417 e. The van der Waals surface area contributed by atoms with E-state index >= 15 is 0 Å². The van der Waals surface area contributed by atoms with Gasteiger partial charge in [0.1, 0.15) is 37.6 Å². The van der Waals surface area contributed by atoms with Gasteiger partial charge in [-0.2, -0.15) is 13.2 Å². The molecule has 358 valence electrons. The first-order valence-electron chi connectivity index (χ1n) is 23.3. The highest BCUT2D eigenvalue weighted by Gasteiger charge is 2.53. The average molecular weight is 918 g/mol. The number of nitrogens with zero attached hydrogens (tertiary/aromatic N) is 1. The van der Waals surface area contributed by atoms with Gasteiger partial charge >= 0.3 is 12.3 Å². The zero-order valence-electron chi connectivity index (χ0n) is 39.4. The standard InChI is InChI=1S/C53H66F3NO9/c1-9-34(4)27-35(5)28-36(6)45(37(7)29-38(8)49(58)57-43(33(2)3)31-63-52(57)59)65-51-48(60-26-16-19-39-22-24-42(25-23-39)53(54,55)56)47(61-30-40-17-12-10-13-18-40)46-44(64-51)32-62-50(66-46)41-20-14-11-15-21-41/h10-15,17-18,20-25,29,33-37,43-48,50-51H,9,26-28,30-32H2,1-8H3/b38-29+/t34-,35-,36-,37-,43+,44+,45+,46+,47-,48-,50+,51-/m0/s1.